The summed E-state index contributed by atoms with van der Waals surface area (Å²) in [6.07, 6.45) is 0.862. The molecule has 5 nitrogen and oxygen atoms in total. The van der Waals surface area contributed by atoms with Gasteiger partial charge in [0.25, 0.3) is 0 Å². The van der Waals surface area contributed by atoms with Crippen molar-refractivity contribution < 1.29 is 18.9 Å². The summed E-state index contributed by atoms with van der Waals surface area (Å²) in [6, 6.07) is 19.7. The monoisotopic (exact) mass is 455 g/mol. The Kier molecular flexibility index (Phi) is 9.08. The highest BCUT2D eigenvalue weighted by molar-refractivity contribution is 6.31. The van der Waals surface area contributed by atoms with Gasteiger partial charge in [-0.15, -0.1) is 0 Å². The second-order valence-corrected chi connectivity index (χ2v) is 7.58. The van der Waals surface area contributed by atoms with Crippen LogP contribution < -0.4 is 24.3 Å². The van der Waals surface area contributed by atoms with Gasteiger partial charge in [0.05, 0.1) is 20.8 Å². The third kappa shape index (κ3) is 6.31. The van der Waals surface area contributed by atoms with Crippen LogP contribution in [0, 0.1) is 0 Å². The third-order valence-electron chi connectivity index (χ3n) is 5.04. The Morgan fingerprint density at radius 2 is 1.59 bits per heavy atom. The van der Waals surface area contributed by atoms with Gasteiger partial charge in [-0.05, 0) is 49.7 Å². The van der Waals surface area contributed by atoms with Crippen molar-refractivity contribution in [1.82, 2.24) is 5.32 Å². The van der Waals surface area contributed by atoms with Gasteiger partial charge in [-0.1, -0.05) is 48.0 Å². The van der Waals surface area contributed by atoms with Crippen molar-refractivity contribution in [2.75, 3.05) is 27.4 Å². The fourth-order valence-corrected chi connectivity index (χ4v) is 3.58. The lowest BCUT2D eigenvalue weighted by Gasteiger charge is -2.17. The van der Waals surface area contributed by atoms with Gasteiger partial charge in [-0.3, -0.25) is 0 Å². The number of para-hydroxylation sites is 1. The summed E-state index contributed by atoms with van der Waals surface area (Å²) >= 11 is 6.29. The largest absolute Gasteiger partial charge is 0.493 e. The van der Waals surface area contributed by atoms with E-state index in [1.54, 1.807) is 14.2 Å². The molecule has 0 saturated heterocycles. The maximum atomic E-state index is 6.29. The van der Waals surface area contributed by atoms with Gasteiger partial charge in [0.1, 0.15) is 6.61 Å². The van der Waals surface area contributed by atoms with Gasteiger partial charge in [0.2, 0.25) is 0 Å². The predicted octanol–water partition coefficient (Wildman–Crippen LogP) is 5.67. The van der Waals surface area contributed by atoms with Crippen molar-refractivity contribution >= 4 is 11.6 Å². The van der Waals surface area contributed by atoms with Crippen molar-refractivity contribution in [3.8, 4) is 23.0 Å². The smallest absolute Gasteiger partial charge is 0.166 e. The van der Waals surface area contributed by atoms with Crippen LogP contribution in [0.2, 0.25) is 5.02 Å². The molecule has 1 N–H and O–H groups in total. The molecule has 170 valence electrons. The molecule has 0 radical (unpaired) electrons. The lowest BCUT2D eigenvalue weighted by Crippen LogP contribution is -2.17. The zero-order valence-corrected chi connectivity index (χ0v) is 19.6. The van der Waals surface area contributed by atoms with Crippen molar-refractivity contribution in [2.24, 2.45) is 0 Å². The molecule has 3 aromatic rings. The number of benzene rings is 3. The minimum Gasteiger partial charge on any atom is -0.493 e. The van der Waals surface area contributed by atoms with Crippen LogP contribution >= 0.6 is 11.6 Å². The molecule has 32 heavy (non-hydrogen) atoms. The Hall–Kier alpha value is -2.89. The molecule has 0 unspecified atom stereocenters. The predicted molar refractivity (Wildman–Crippen MR) is 128 cm³/mol. The van der Waals surface area contributed by atoms with E-state index in [1.165, 1.54) is 5.56 Å². The second kappa shape index (κ2) is 12.2. The number of ether oxygens (including phenoxy) is 4. The van der Waals surface area contributed by atoms with E-state index < -0.39 is 0 Å². The van der Waals surface area contributed by atoms with E-state index >= 15 is 0 Å². The summed E-state index contributed by atoms with van der Waals surface area (Å²) in [5.41, 5.74) is 3.15. The van der Waals surface area contributed by atoms with Gasteiger partial charge in [-0.25, -0.2) is 0 Å². The van der Waals surface area contributed by atoms with Crippen LogP contribution in [0.5, 0.6) is 23.0 Å². The SMILES string of the molecule is CCOc1cccc(CNCCc2ccc(OC)c(OC)c2)c1OCc1ccccc1Cl. The molecule has 0 saturated carbocycles. The van der Waals surface area contributed by atoms with Crippen LogP contribution in [0.4, 0.5) is 0 Å². The Morgan fingerprint density at radius 1 is 0.812 bits per heavy atom. The summed E-state index contributed by atoms with van der Waals surface area (Å²) in [4.78, 5) is 0. The lowest BCUT2D eigenvalue weighted by molar-refractivity contribution is 0.266. The Balaban J connectivity index is 1.64. The Labute approximate surface area is 195 Å². The summed E-state index contributed by atoms with van der Waals surface area (Å²) in [5, 5.41) is 4.19. The number of halogens is 1. The topological polar surface area (TPSA) is 49.0 Å². The van der Waals surface area contributed by atoms with Crippen molar-refractivity contribution in [2.45, 2.75) is 26.5 Å². The molecule has 0 aliphatic heterocycles. The van der Waals surface area contributed by atoms with Crippen LogP contribution in [0.25, 0.3) is 0 Å². The summed E-state index contributed by atoms with van der Waals surface area (Å²) in [7, 11) is 3.29. The standard InChI is InChI=1S/C26H30ClNO4/c1-4-31-24-11-7-9-20(26(24)32-18-21-8-5-6-10-22(21)27)17-28-15-14-19-12-13-23(29-2)25(16-19)30-3/h5-13,16,28H,4,14-15,17-18H2,1-3H3. The molecule has 0 spiro atoms. The molecule has 0 bridgehead atoms. The molecule has 6 heteroatoms. The molecule has 0 amide bonds. The lowest BCUT2D eigenvalue weighted by atomic mass is 10.1. The maximum Gasteiger partial charge on any atom is 0.166 e. The fraction of sp³-hybridized carbons (Fsp3) is 0.308. The van der Waals surface area contributed by atoms with E-state index in [1.807, 2.05) is 61.5 Å². The van der Waals surface area contributed by atoms with Gasteiger partial charge < -0.3 is 24.3 Å². The first-order chi connectivity index (χ1) is 15.7. The Bertz CT molecular complexity index is 1010. The summed E-state index contributed by atoms with van der Waals surface area (Å²) < 4.78 is 22.7. The zero-order chi connectivity index (χ0) is 22.8. The molecule has 0 aromatic heterocycles. The summed E-state index contributed by atoms with van der Waals surface area (Å²) in [5.74, 6) is 2.95. The minimum atomic E-state index is 0.377. The first-order valence-electron chi connectivity index (χ1n) is 10.7. The van der Waals surface area contributed by atoms with E-state index in [0.29, 0.717) is 24.8 Å². The fourth-order valence-electron chi connectivity index (χ4n) is 3.39. The van der Waals surface area contributed by atoms with Crippen LogP contribution in [0.15, 0.2) is 60.7 Å². The highest BCUT2D eigenvalue weighted by Gasteiger charge is 2.12. The van der Waals surface area contributed by atoms with Gasteiger partial charge in [0.15, 0.2) is 23.0 Å². The van der Waals surface area contributed by atoms with Crippen LogP contribution in [-0.2, 0) is 19.6 Å². The molecular weight excluding hydrogens is 426 g/mol. The van der Waals surface area contributed by atoms with E-state index in [0.717, 1.165) is 47.1 Å². The van der Waals surface area contributed by atoms with Gasteiger partial charge in [-0.2, -0.15) is 0 Å². The highest BCUT2D eigenvalue weighted by Crippen LogP contribution is 2.33. The molecule has 0 aliphatic carbocycles. The third-order valence-corrected chi connectivity index (χ3v) is 5.41. The molecule has 3 rings (SSSR count). The molecule has 3 aromatic carbocycles. The normalized spacial score (nSPS) is 10.6. The number of nitrogens with one attached hydrogen (secondary N) is 1. The quantitative estimate of drug-likeness (QED) is 0.357. The molecule has 0 fully saturated rings. The summed E-state index contributed by atoms with van der Waals surface area (Å²) in [6.45, 7) is 4.37. The van der Waals surface area contributed by atoms with E-state index in [9.17, 15) is 0 Å². The number of rotatable bonds is 12. The molecule has 0 heterocycles. The zero-order valence-electron chi connectivity index (χ0n) is 18.8. The van der Waals surface area contributed by atoms with E-state index in [2.05, 4.69) is 11.4 Å². The number of hydrogen-bond donors (Lipinski definition) is 1. The van der Waals surface area contributed by atoms with Crippen molar-refractivity contribution in [3.63, 3.8) is 0 Å². The average Bonchev–Trinajstić information content (AvgIpc) is 2.82. The molecule has 0 atom stereocenters. The Morgan fingerprint density at radius 3 is 2.34 bits per heavy atom. The van der Waals surface area contributed by atoms with Gasteiger partial charge >= 0.3 is 0 Å². The van der Waals surface area contributed by atoms with E-state index in [-0.39, 0.29) is 0 Å². The minimum absolute atomic E-state index is 0.377. The second-order valence-electron chi connectivity index (χ2n) is 7.17. The highest BCUT2D eigenvalue weighted by atomic mass is 35.5. The van der Waals surface area contributed by atoms with E-state index in [4.69, 9.17) is 30.5 Å². The van der Waals surface area contributed by atoms with Crippen LogP contribution in [0.3, 0.4) is 0 Å². The average molecular weight is 456 g/mol. The maximum absolute atomic E-state index is 6.29. The van der Waals surface area contributed by atoms with Crippen molar-refractivity contribution in [1.29, 1.82) is 0 Å². The number of hydrogen-bond acceptors (Lipinski definition) is 5. The van der Waals surface area contributed by atoms with Crippen LogP contribution in [0.1, 0.15) is 23.6 Å². The first kappa shape index (κ1) is 23.8. The first-order valence-corrected chi connectivity index (χ1v) is 11.1. The number of methoxy groups -OCH3 is 2. The van der Waals surface area contributed by atoms with Crippen LogP contribution in [-0.4, -0.2) is 27.4 Å². The van der Waals surface area contributed by atoms with Gasteiger partial charge in [0, 0.05) is 22.7 Å². The molecule has 0 aliphatic rings. The molecular formula is C26H30ClNO4. The van der Waals surface area contributed by atoms with Crippen molar-refractivity contribution in [3.05, 3.63) is 82.4 Å².